The van der Waals surface area contributed by atoms with E-state index in [4.69, 9.17) is 5.11 Å². The van der Waals surface area contributed by atoms with Crippen molar-refractivity contribution in [1.82, 2.24) is 4.90 Å². The van der Waals surface area contributed by atoms with E-state index in [1.165, 1.54) is 23.1 Å². The zero-order valence-electron chi connectivity index (χ0n) is 9.83. The standard InChI is InChI=1S/C13H14FNO2/c1-15(2)13(17)12-7-6-11(14)9-10(12)5-3-4-8-16/h6-7,9,16H,4,8H2,1-2H3. The van der Waals surface area contributed by atoms with E-state index in [1.54, 1.807) is 14.1 Å². The van der Waals surface area contributed by atoms with Crippen molar-refractivity contribution in [3.8, 4) is 11.8 Å². The van der Waals surface area contributed by atoms with Crippen molar-refractivity contribution in [3.63, 3.8) is 0 Å². The number of amides is 1. The summed E-state index contributed by atoms with van der Waals surface area (Å²) < 4.78 is 13.1. The highest BCUT2D eigenvalue weighted by Gasteiger charge is 2.12. The molecule has 3 nitrogen and oxygen atoms in total. The fraction of sp³-hybridized carbons (Fsp3) is 0.308. The smallest absolute Gasteiger partial charge is 0.254 e. The Morgan fingerprint density at radius 1 is 1.47 bits per heavy atom. The van der Waals surface area contributed by atoms with Gasteiger partial charge in [-0.25, -0.2) is 4.39 Å². The number of hydrogen-bond donors (Lipinski definition) is 1. The summed E-state index contributed by atoms with van der Waals surface area (Å²) in [6.45, 7) is -0.0563. The monoisotopic (exact) mass is 235 g/mol. The molecule has 0 bridgehead atoms. The van der Waals surface area contributed by atoms with Gasteiger partial charge in [-0.15, -0.1) is 0 Å². The Hall–Kier alpha value is -1.86. The number of carbonyl (C=O) groups is 1. The van der Waals surface area contributed by atoms with E-state index < -0.39 is 5.82 Å². The molecule has 0 saturated carbocycles. The molecule has 0 radical (unpaired) electrons. The van der Waals surface area contributed by atoms with Crippen LogP contribution in [0.1, 0.15) is 22.3 Å². The van der Waals surface area contributed by atoms with Crippen LogP contribution in [0.15, 0.2) is 18.2 Å². The van der Waals surface area contributed by atoms with Crippen LogP contribution in [0.5, 0.6) is 0 Å². The number of nitrogens with zero attached hydrogens (tertiary/aromatic N) is 1. The third-order valence-electron chi connectivity index (χ3n) is 2.08. The summed E-state index contributed by atoms with van der Waals surface area (Å²) in [5, 5.41) is 8.61. The second-order valence-electron chi connectivity index (χ2n) is 3.66. The Balaban J connectivity index is 3.14. The van der Waals surface area contributed by atoms with Gasteiger partial charge >= 0.3 is 0 Å². The number of aliphatic hydroxyl groups is 1. The maximum Gasteiger partial charge on any atom is 0.254 e. The first kappa shape index (κ1) is 13.2. The number of halogens is 1. The zero-order valence-corrected chi connectivity index (χ0v) is 9.83. The Kier molecular flexibility index (Phi) is 4.68. The summed E-state index contributed by atoms with van der Waals surface area (Å²) in [4.78, 5) is 13.2. The van der Waals surface area contributed by atoms with Gasteiger partial charge in [-0.3, -0.25) is 4.79 Å². The van der Waals surface area contributed by atoms with Crippen LogP contribution in [-0.2, 0) is 0 Å². The Morgan fingerprint density at radius 2 is 2.18 bits per heavy atom. The minimum atomic E-state index is -0.436. The molecular weight excluding hydrogens is 221 g/mol. The lowest BCUT2D eigenvalue weighted by molar-refractivity contribution is 0.0827. The van der Waals surface area contributed by atoms with Crippen LogP contribution in [0.25, 0.3) is 0 Å². The molecular formula is C13H14FNO2. The maximum absolute atomic E-state index is 13.1. The predicted octanol–water partition coefficient (Wildman–Crippen LogP) is 1.26. The molecule has 1 aromatic rings. The van der Waals surface area contributed by atoms with Gasteiger partial charge in [0.25, 0.3) is 5.91 Å². The van der Waals surface area contributed by atoms with Gasteiger partial charge in [0, 0.05) is 26.1 Å². The van der Waals surface area contributed by atoms with Gasteiger partial charge in [0.2, 0.25) is 0 Å². The van der Waals surface area contributed by atoms with Gasteiger partial charge in [0.1, 0.15) is 5.82 Å². The van der Waals surface area contributed by atoms with E-state index >= 15 is 0 Å². The third kappa shape index (κ3) is 3.58. The van der Waals surface area contributed by atoms with Gasteiger partial charge in [-0.05, 0) is 18.2 Å². The number of hydrogen-bond acceptors (Lipinski definition) is 2. The van der Waals surface area contributed by atoms with Gasteiger partial charge in [-0.2, -0.15) is 0 Å². The first-order valence-electron chi connectivity index (χ1n) is 5.17. The molecule has 17 heavy (non-hydrogen) atoms. The quantitative estimate of drug-likeness (QED) is 0.784. The zero-order chi connectivity index (χ0) is 12.8. The minimum Gasteiger partial charge on any atom is -0.395 e. The molecule has 0 heterocycles. The molecule has 0 aromatic heterocycles. The Labute approximate surface area is 99.9 Å². The third-order valence-corrected chi connectivity index (χ3v) is 2.08. The van der Waals surface area contributed by atoms with Crippen molar-refractivity contribution >= 4 is 5.91 Å². The second kappa shape index (κ2) is 6.02. The lowest BCUT2D eigenvalue weighted by atomic mass is 10.1. The molecule has 1 aromatic carbocycles. The number of benzene rings is 1. The lowest BCUT2D eigenvalue weighted by Gasteiger charge is -2.11. The van der Waals surface area contributed by atoms with Crippen LogP contribution in [0, 0.1) is 17.7 Å². The van der Waals surface area contributed by atoms with Crippen molar-refractivity contribution in [3.05, 3.63) is 35.1 Å². The maximum atomic E-state index is 13.1. The summed E-state index contributed by atoms with van der Waals surface area (Å²) in [7, 11) is 3.24. The number of aliphatic hydroxyl groups excluding tert-OH is 1. The highest BCUT2D eigenvalue weighted by Crippen LogP contribution is 2.12. The van der Waals surface area contributed by atoms with Crippen molar-refractivity contribution in [2.75, 3.05) is 20.7 Å². The van der Waals surface area contributed by atoms with Gasteiger partial charge in [0.05, 0.1) is 12.2 Å². The Morgan fingerprint density at radius 3 is 2.76 bits per heavy atom. The average molecular weight is 235 g/mol. The molecule has 4 heteroatoms. The van der Waals surface area contributed by atoms with Crippen molar-refractivity contribution in [2.45, 2.75) is 6.42 Å². The van der Waals surface area contributed by atoms with Gasteiger partial charge < -0.3 is 10.0 Å². The second-order valence-corrected chi connectivity index (χ2v) is 3.66. The highest BCUT2D eigenvalue weighted by atomic mass is 19.1. The Bertz CT molecular complexity index is 472. The minimum absolute atomic E-state index is 0.0563. The summed E-state index contributed by atoms with van der Waals surface area (Å²) in [6.07, 6.45) is 0.298. The highest BCUT2D eigenvalue weighted by molar-refractivity contribution is 5.96. The van der Waals surface area contributed by atoms with E-state index in [-0.39, 0.29) is 12.5 Å². The average Bonchev–Trinajstić information content (AvgIpc) is 2.28. The van der Waals surface area contributed by atoms with Crippen LogP contribution < -0.4 is 0 Å². The lowest BCUT2D eigenvalue weighted by Crippen LogP contribution is -2.22. The largest absolute Gasteiger partial charge is 0.395 e. The number of carbonyl (C=O) groups excluding carboxylic acids is 1. The molecule has 0 aliphatic heterocycles. The molecule has 0 aliphatic rings. The molecule has 1 amide bonds. The van der Waals surface area contributed by atoms with Gasteiger partial charge in [0.15, 0.2) is 0 Å². The summed E-state index contributed by atoms with van der Waals surface area (Å²) in [6, 6.07) is 3.87. The topological polar surface area (TPSA) is 40.5 Å². The first-order chi connectivity index (χ1) is 8.06. The molecule has 0 unspecified atom stereocenters. The van der Waals surface area contributed by atoms with Crippen LogP contribution >= 0.6 is 0 Å². The normalized spacial score (nSPS) is 9.41. The molecule has 1 rings (SSSR count). The predicted molar refractivity (Wildman–Crippen MR) is 63.0 cm³/mol. The van der Waals surface area contributed by atoms with Crippen LogP contribution in [0.4, 0.5) is 4.39 Å². The van der Waals surface area contributed by atoms with Crippen molar-refractivity contribution < 1.29 is 14.3 Å². The van der Waals surface area contributed by atoms with E-state index in [0.717, 1.165) is 0 Å². The molecule has 0 spiro atoms. The van der Waals surface area contributed by atoms with Crippen molar-refractivity contribution in [2.24, 2.45) is 0 Å². The van der Waals surface area contributed by atoms with Crippen LogP contribution in [0.2, 0.25) is 0 Å². The van der Waals surface area contributed by atoms with Crippen molar-refractivity contribution in [1.29, 1.82) is 0 Å². The summed E-state index contributed by atoms with van der Waals surface area (Å²) >= 11 is 0. The SMILES string of the molecule is CN(C)C(=O)c1ccc(F)cc1C#CCCO. The molecule has 0 saturated heterocycles. The summed E-state index contributed by atoms with van der Waals surface area (Å²) in [5.41, 5.74) is 0.707. The molecule has 0 fully saturated rings. The molecule has 90 valence electrons. The fourth-order valence-electron chi connectivity index (χ4n) is 1.26. The van der Waals surface area contributed by atoms with Crippen LogP contribution in [0.3, 0.4) is 0 Å². The number of rotatable bonds is 2. The van der Waals surface area contributed by atoms with Crippen LogP contribution in [-0.4, -0.2) is 36.6 Å². The van der Waals surface area contributed by atoms with Gasteiger partial charge in [-0.1, -0.05) is 11.8 Å². The molecule has 0 aliphatic carbocycles. The summed E-state index contributed by atoms with van der Waals surface area (Å²) in [5.74, 6) is 4.71. The molecule has 0 atom stereocenters. The fourth-order valence-corrected chi connectivity index (χ4v) is 1.26. The first-order valence-corrected chi connectivity index (χ1v) is 5.17. The van der Waals surface area contributed by atoms with E-state index in [9.17, 15) is 9.18 Å². The van der Waals surface area contributed by atoms with E-state index in [0.29, 0.717) is 17.5 Å². The van der Waals surface area contributed by atoms with E-state index in [2.05, 4.69) is 11.8 Å². The van der Waals surface area contributed by atoms with E-state index in [1.807, 2.05) is 0 Å². The molecule has 1 N–H and O–H groups in total.